The highest BCUT2D eigenvalue weighted by molar-refractivity contribution is 7.52. The van der Waals surface area contributed by atoms with E-state index in [0.717, 1.165) is 30.7 Å². The van der Waals surface area contributed by atoms with E-state index in [4.69, 9.17) is 29.0 Å². The van der Waals surface area contributed by atoms with E-state index in [1.54, 1.807) is 25.1 Å². The number of para-hydroxylation sites is 1. The van der Waals surface area contributed by atoms with E-state index in [2.05, 4.69) is 20.0 Å². The van der Waals surface area contributed by atoms with Crippen molar-refractivity contribution in [1.29, 1.82) is 0 Å². The van der Waals surface area contributed by atoms with E-state index in [9.17, 15) is 14.5 Å². The Balaban J connectivity index is 1.26. The van der Waals surface area contributed by atoms with Gasteiger partial charge in [0.25, 0.3) is 5.85 Å². The molecule has 1 aromatic carbocycles. The third kappa shape index (κ3) is 4.88. The van der Waals surface area contributed by atoms with Gasteiger partial charge in [0.15, 0.2) is 34.8 Å². The van der Waals surface area contributed by atoms with Gasteiger partial charge >= 0.3 is 13.7 Å². The summed E-state index contributed by atoms with van der Waals surface area (Å²) in [6.45, 7) is 4.21. The summed E-state index contributed by atoms with van der Waals surface area (Å²) in [5.74, 6) is -4.07. The minimum absolute atomic E-state index is 0.0259. The summed E-state index contributed by atoms with van der Waals surface area (Å²) >= 11 is 0. The number of nitrogens with zero attached hydrogens (tertiary/aromatic N) is 4. The molecule has 2 aliphatic carbocycles. The molecule has 0 radical (unpaired) electrons. The molecule has 3 aliphatic rings. The first-order chi connectivity index (χ1) is 20.8. The molecule has 17 heteroatoms. The number of carbonyl (C=O) groups is 1. The van der Waals surface area contributed by atoms with Crippen molar-refractivity contribution in [3.63, 3.8) is 0 Å². The number of esters is 1. The normalized spacial score (nSPS) is 31.8. The smallest absolute Gasteiger partial charge is 0.460 e. The second kappa shape index (κ2) is 10.9. The maximum Gasteiger partial charge on any atom is 0.460 e. The highest BCUT2D eigenvalue weighted by Crippen LogP contribution is 2.73. The molecule has 3 fully saturated rings. The third-order valence-corrected chi connectivity index (χ3v) is 9.73. The molecule has 3 heterocycles. The topological polar surface area (TPSA) is 182 Å². The highest BCUT2D eigenvalue weighted by atomic mass is 31.2. The van der Waals surface area contributed by atoms with Crippen LogP contribution in [-0.2, 0) is 23.4 Å². The van der Waals surface area contributed by atoms with Gasteiger partial charge in [0.2, 0.25) is 11.8 Å². The second-order valence-corrected chi connectivity index (χ2v) is 12.8. The molecule has 238 valence electrons. The standard InChI is InChI=1S/C27H33F2N6O8P/c1-4-39-20-18-19(32-24(30)33-20)35(14-31-18)23-25(3,28)26(37)22(27(26,29)41-23)43-44(38,42-17-12-6-5-7-13-17)34-15(2)21(36)40-16-10-8-9-11-16/h5-7,12-16,22-23,37H,4,8-11H2,1-3H3,(H,34,38)(H2,30,32,33)/t15?,22-,23+,25-,26-,27+,44?/m0/s1. The lowest BCUT2D eigenvalue weighted by molar-refractivity contribution is -0.156. The number of hydrogen-bond donors (Lipinski definition) is 3. The van der Waals surface area contributed by atoms with Gasteiger partial charge in [-0.1, -0.05) is 18.2 Å². The Labute approximate surface area is 250 Å². The number of nitrogens with two attached hydrogens (primary N) is 1. The van der Waals surface area contributed by atoms with Gasteiger partial charge in [-0.2, -0.15) is 15.1 Å². The molecule has 0 spiro atoms. The number of aromatic nitrogens is 4. The average molecular weight is 639 g/mol. The van der Waals surface area contributed by atoms with Crippen molar-refractivity contribution in [1.82, 2.24) is 24.6 Å². The summed E-state index contributed by atoms with van der Waals surface area (Å²) in [5.41, 5.74) is -0.00285. The zero-order chi connectivity index (χ0) is 31.5. The maximum absolute atomic E-state index is 16.6. The SMILES string of the molecule is CCOc1nc(N)nc2c1ncn2[C@@H]1O[C@]2(F)[C@@H](OP(=O)(NC(C)C(=O)OC3CCCC3)Oc3ccccc3)[C@]2(O)[C@@]1(C)F. The fourth-order valence-electron chi connectivity index (χ4n) is 5.75. The number of aliphatic hydroxyl groups is 1. The molecule has 6 rings (SSSR count). The number of rotatable bonds is 11. The minimum Gasteiger partial charge on any atom is -0.476 e. The monoisotopic (exact) mass is 638 g/mol. The number of benzene rings is 1. The number of hydrogen-bond acceptors (Lipinski definition) is 12. The molecule has 1 saturated heterocycles. The van der Waals surface area contributed by atoms with Crippen molar-refractivity contribution in [2.75, 3.05) is 12.3 Å². The molecule has 0 amide bonds. The van der Waals surface area contributed by atoms with Crippen molar-refractivity contribution < 1.29 is 46.5 Å². The van der Waals surface area contributed by atoms with Crippen LogP contribution in [0.1, 0.15) is 52.7 Å². The van der Waals surface area contributed by atoms with Crippen LogP contribution in [-0.4, -0.2) is 72.6 Å². The summed E-state index contributed by atoms with van der Waals surface area (Å²) < 4.78 is 75.5. The maximum atomic E-state index is 16.6. The van der Waals surface area contributed by atoms with Gasteiger partial charge in [-0.15, -0.1) is 0 Å². The van der Waals surface area contributed by atoms with Gasteiger partial charge in [-0.3, -0.25) is 13.9 Å². The van der Waals surface area contributed by atoms with E-state index >= 15 is 8.78 Å². The van der Waals surface area contributed by atoms with Crippen LogP contribution in [0, 0.1) is 0 Å². The van der Waals surface area contributed by atoms with E-state index < -0.39 is 49.2 Å². The molecule has 44 heavy (non-hydrogen) atoms. The van der Waals surface area contributed by atoms with Crippen LogP contribution in [0.2, 0.25) is 0 Å². The van der Waals surface area contributed by atoms with Gasteiger partial charge < -0.3 is 29.6 Å². The van der Waals surface area contributed by atoms with E-state index in [1.807, 2.05) is 0 Å². The average Bonchev–Trinajstić information content (AvgIpc) is 3.47. The van der Waals surface area contributed by atoms with E-state index in [0.29, 0.717) is 12.8 Å². The molecule has 14 nitrogen and oxygen atoms in total. The fraction of sp³-hybridized carbons (Fsp3) is 0.556. The van der Waals surface area contributed by atoms with Gasteiger partial charge in [0.1, 0.15) is 17.9 Å². The fourth-order valence-corrected chi connectivity index (χ4v) is 7.45. The Morgan fingerprint density at radius 3 is 2.61 bits per heavy atom. The summed E-state index contributed by atoms with van der Waals surface area (Å²) in [4.78, 5) is 25.0. The first-order valence-electron chi connectivity index (χ1n) is 14.2. The molecule has 2 aromatic heterocycles. The van der Waals surface area contributed by atoms with Gasteiger partial charge in [0.05, 0.1) is 12.9 Å². The Kier molecular flexibility index (Phi) is 7.56. The van der Waals surface area contributed by atoms with Crippen molar-refractivity contribution in [3.8, 4) is 11.6 Å². The first-order valence-corrected chi connectivity index (χ1v) is 15.8. The lowest BCUT2D eigenvalue weighted by atomic mass is 9.97. The van der Waals surface area contributed by atoms with Crippen LogP contribution in [0.25, 0.3) is 11.2 Å². The van der Waals surface area contributed by atoms with Gasteiger partial charge in [-0.25, -0.2) is 18.3 Å². The number of nitrogen functional groups attached to an aromatic ring is 1. The predicted octanol–water partition coefficient (Wildman–Crippen LogP) is 3.51. The summed E-state index contributed by atoms with van der Waals surface area (Å²) in [6, 6.07) is 6.52. The molecule has 4 N–H and O–H groups in total. The zero-order valence-corrected chi connectivity index (χ0v) is 25.1. The van der Waals surface area contributed by atoms with Crippen LogP contribution in [0.3, 0.4) is 0 Å². The van der Waals surface area contributed by atoms with Crippen molar-refractivity contribution in [3.05, 3.63) is 36.7 Å². The van der Waals surface area contributed by atoms with Crippen molar-refractivity contribution >= 4 is 30.8 Å². The molecule has 2 unspecified atom stereocenters. The lowest BCUT2D eigenvalue weighted by Crippen LogP contribution is -2.45. The summed E-state index contributed by atoms with van der Waals surface area (Å²) in [7, 11) is -4.70. The number of ether oxygens (including phenoxy) is 3. The first kappa shape index (κ1) is 30.6. The number of imidazole rings is 1. The Morgan fingerprint density at radius 2 is 1.98 bits per heavy atom. The number of alkyl halides is 2. The second-order valence-electron chi connectivity index (χ2n) is 11.2. The molecule has 7 atom stereocenters. The Hall–Kier alpha value is -3.43. The quantitative estimate of drug-likeness (QED) is 0.205. The summed E-state index contributed by atoms with van der Waals surface area (Å²) in [6.07, 6.45) is 0.160. The number of nitrogens with one attached hydrogen (secondary N) is 1. The van der Waals surface area contributed by atoms with Gasteiger partial charge in [0, 0.05) is 0 Å². The number of fused-ring (bicyclic) bond motifs is 2. The van der Waals surface area contributed by atoms with Crippen LogP contribution in [0.4, 0.5) is 14.7 Å². The largest absolute Gasteiger partial charge is 0.476 e. The molecule has 1 aliphatic heterocycles. The molecule has 2 saturated carbocycles. The predicted molar refractivity (Wildman–Crippen MR) is 150 cm³/mol. The van der Waals surface area contributed by atoms with E-state index in [1.165, 1.54) is 19.1 Å². The minimum atomic E-state index is -4.70. The Bertz CT molecular complexity index is 1610. The molecular weight excluding hydrogens is 605 g/mol. The van der Waals surface area contributed by atoms with Crippen LogP contribution < -0.4 is 20.1 Å². The van der Waals surface area contributed by atoms with Crippen molar-refractivity contribution in [2.45, 2.75) is 88.1 Å². The lowest BCUT2D eigenvalue weighted by Gasteiger charge is -2.31. The number of carbonyl (C=O) groups excluding carboxylic acids is 1. The van der Waals surface area contributed by atoms with E-state index in [-0.39, 0.29) is 41.5 Å². The zero-order valence-electron chi connectivity index (χ0n) is 24.2. The molecular formula is C27H33F2N6O8P. The Morgan fingerprint density at radius 1 is 1.27 bits per heavy atom. The van der Waals surface area contributed by atoms with Gasteiger partial charge in [-0.05, 0) is 58.6 Å². The highest BCUT2D eigenvalue weighted by Gasteiger charge is 2.96. The third-order valence-electron chi connectivity index (χ3n) is 8.09. The number of anilines is 1. The summed E-state index contributed by atoms with van der Waals surface area (Å²) in [5, 5.41) is 13.8. The number of halogens is 2. The van der Waals surface area contributed by atoms with Crippen LogP contribution in [0.15, 0.2) is 36.7 Å². The molecule has 0 bridgehead atoms. The van der Waals surface area contributed by atoms with Crippen molar-refractivity contribution in [2.24, 2.45) is 0 Å². The molecule has 3 aromatic rings. The van der Waals surface area contributed by atoms with Crippen LogP contribution in [0.5, 0.6) is 11.6 Å². The van der Waals surface area contributed by atoms with Crippen LogP contribution >= 0.6 is 7.75 Å².